The first-order valence-electron chi connectivity index (χ1n) is 9.98. The number of hydrogen-bond acceptors (Lipinski definition) is 5. The maximum atomic E-state index is 14.0. The Morgan fingerprint density at radius 3 is 2.79 bits per heavy atom. The van der Waals surface area contributed by atoms with E-state index in [1.807, 2.05) is 24.4 Å². The van der Waals surface area contributed by atoms with Gasteiger partial charge in [0.25, 0.3) is 0 Å². The molecule has 0 radical (unpaired) electrons. The molecule has 29 heavy (non-hydrogen) atoms. The number of ether oxygens (including phenoxy) is 1. The second-order valence-electron chi connectivity index (χ2n) is 7.50. The molecule has 1 fully saturated rings. The molecule has 1 aliphatic carbocycles. The molecule has 3 aromatic rings. The molecule has 2 atom stereocenters. The van der Waals surface area contributed by atoms with Crippen LogP contribution in [0, 0.1) is 11.7 Å². The van der Waals surface area contributed by atoms with Crippen LogP contribution in [0.1, 0.15) is 44.2 Å². The van der Waals surface area contributed by atoms with Crippen molar-refractivity contribution in [1.29, 1.82) is 0 Å². The first-order valence-corrected chi connectivity index (χ1v) is 11.0. The lowest BCUT2D eigenvalue weighted by Gasteiger charge is -2.31. The summed E-state index contributed by atoms with van der Waals surface area (Å²) >= 11 is 1.59. The highest BCUT2D eigenvalue weighted by molar-refractivity contribution is 7.98. The van der Waals surface area contributed by atoms with E-state index in [2.05, 4.69) is 26.7 Å². The predicted octanol–water partition coefficient (Wildman–Crippen LogP) is 5.53. The standard InChI is InChI=1S/C22H25FN4OS/c1-15-6-3-4-8-19(15)27-21(17-7-5-11-24-13-17)25-26-22(27)29-14-16-9-10-20(28-2)18(23)12-16/h5,7,9-13,15,19H,3-4,6,8,14H2,1-2H3/t15-,19-/m0/s1. The number of aromatic nitrogens is 4. The Balaban J connectivity index is 1.64. The fourth-order valence-corrected chi connectivity index (χ4v) is 4.93. The molecule has 4 rings (SSSR count). The number of benzene rings is 1. The van der Waals surface area contributed by atoms with Crippen LogP contribution in [0.4, 0.5) is 4.39 Å². The highest BCUT2D eigenvalue weighted by Crippen LogP contribution is 2.39. The van der Waals surface area contributed by atoms with Crippen molar-refractivity contribution in [3.8, 4) is 17.1 Å². The highest BCUT2D eigenvalue weighted by atomic mass is 32.2. The van der Waals surface area contributed by atoms with Crippen molar-refractivity contribution in [1.82, 2.24) is 19.7 Å². The van der Waals surface area contributed by atoms with Gasteiger partial charge in [0.05, 0.1) is 7.11 Å². The summed E-state index contributed by atoms with van der Waals surface area (Å²) in [4.78, 5) is 4.25. The van der Waals surface area contributed by atoms with Gasteiger partial charge in [0, 0.05) is 29.8 Å². The molecule has 5 nitrogen and oxygen atoms in total. The highest BCUT2D eigenvalue weighted by Gasteiger charge is 2.28. The average molecular weight is 413 g/mol. The van der Waals surface area contributed by atoms with E-state index < -0.39 is 0 Å². The number of methoxy groups -OCH3 is 1. The van der Waals surface area contributed by atoms with Crippen molar-refractivity contribution in [3.05, 3.63) is 54.1 Å². The topological polar surface area (TPSA) is 52.8 Å². The number of nitrogens with zero attached hydrogens (tertiary/aromatic N) is 4. The van der Waals surface area contributed by atoms with Gasteiger partial charge < -0.3 is 4.74 Å². The third kappa shape index (κ3) is 4.29. The van der Waals surface area contributed by atoms with Crippen LogP contribution < -0.4 is 4.74 Å². The minimum Gasteiger partial charge on any atom is -0.494 e. The maximum Gasteiger partial charge on any atom is 0.192 e. The quantitative estimate of drug-likeness (QED) is 0.498. The Hall–Kier alpha value is -2.41. The van der Waals surface area contributed by atoms with Crippen molar-refractivity contribution in [2.45, 2.75) is 49.6 Å². The van der Waals surface area contributed by atoms with Gasteiger partial charge in [-0.25, -0.2) is 4.39 Å². The van der Waals surface area contributed by atoms with Gasteiger partial charge in [-0.2, -0.15) is 0 Å². The lowest BCUT2D eigenvalue weighted by molar-refractivity contribution is 0.247. The summed E-state index contributed by atoms with van der Waals surface area (Å²) in [5.74, 6) is 1.96. The van der Waals surface area contributed by atoms with Crippen LogP contribution in [-0.2, 0) is 5.75 Å². The van der Waals surface area contributed by atoms with Gasteiger partial charge in [-0.05, 0) is 48.6 Å². The molecule has 0 aliphatic heterocycles. The van der Waals surface area contributed by atoms with Gasteiger partial charge in [-0.15, -0.1) is 10.2 Å². The molecule has 0 saturated heterocycles. The van der Waals surface area contributed by atoms with Gasteiger partial charge in [0.15, 0.2) is 22.5 Å². The van der Waals surface area contributed by atoms with E-state index in [0.717, 1.165) is 28.5 Å². The van der Waals surface area contributed by atoms with Crippen molar-refractivity contribution >= 4 is 11.8 Å². The molecule has 1 saturated carbocycles. The molecule has 0 unspecified atom stereocenters. The average Bonchev–Trinajstić information content (AvgIpc) is 3.17. The summed E-state index contributed by atoms with van der Waals surface area (Å²) in [7, 11) is 1.47. The van der Waals surface area contributed by atoms with Crippen LogP contribution in [0.25, 0.3) is 11.4 Å². The largest absolute Gasteiger partial charge is 0.494 e. The molecule has 0 bridgehead atoms. The molecular weight excluding hydrogens is 387 g/mol. The van der Waals surface area contributed by atoms with E-state index in [4.69, 9.17) is 4.74 Å². The van der Waals surface area contributed by atoms with Crippen LogP contribution >= 0.6 is 11.8 Å². The number of halogens is 1. The SMILES string of the molecule is COc1ccc(CSc2nnc(-c3cccnc3)n2[C@H]2CCCC[C@@H]2C)cc1F. The van der Waals surface area contributed by atoms with Crippen molar-refractivity contribution in [2.75, 3.05) is 7.11 Å². The number of rotatable bonds is 6. The minimum absolute atomic E-state index is 0.261. The molecule has 0 amide bonds. The van der Waals surface area contributed by atoms with E-state index >= 15 is 0 Å². The molecule has 2 heterocycles. The number of thioether (sulfide) groups is 1. The number of pyridine rings is 1. The fourth-order valence-electron chi connectivity index (χ4n) is 3.99. The normalized spacial score (nSPS) is 19.3. The zero-order valence-electron chi connectivity index (χ0n) is 16.7. The van der Waals surface area contributed by atoms with Gasteiger partial charge in [-0.3, -0.25) is 9.55 Å². The Morgan fingerprint density at radius 2 is 2.07 bits per heavy atom. The zero-order valence-corrected chi connectivity index (χ0v) is 17.5. The summed E-state index contributed by atoms with van der Waals surface area (Å²) in [6, 6.07) is 9.39. The molecule has 1 aliphatic rings. The molecule has 7 heteroatoms. The molecule has 1 aromatic carbocycles. The van der Waals surface area contributed by atoms with Crippen LogP contribution in [0.15, 0.2) is 47.9 Å². The monoisotopic (exact) mass is 412 g/mol. The van der Waals surface area contributed by atoms with E-state index in [9.17, 15) is 4.39 Å². The second-order valence-corrected chi connectivity index (χ2v) is 8.45. The van der Waals surface area contributed by atoms with E-state index in [1.54, 1.807) is 24.0 Å². The van der Waals surface area contributed by atoms with Crippen molar-refractivity contribution < 1.29 is 9.13 Å². The summed E-state index contributed by atoms with van der Waals surface area (Å²) in [5.41, 5.74) is 1.86. The predicted molar refractivity (Wildman–Crippen MR) is 112 cm³/mol. The zero-order chi connectivity index (χ0) is 20.2. The smallest absolute Gasteiger partial charge is 0.192 e. The molecular formula is C22H25FN4OS. The maximum absolute atomic E-state index is 14.0. The Morgan fingerprint density at radius 1 is 1.21 bits per heavy atom. The van der Waals surface area contributed by atoms with Crippen LogP contribution in [-0.4, -0.2) is 26.9 Å². The first kappa shape index (κ1) is 19.9. The lowest BCUT2D eigenvalue weighted by atomic mass is 9.85. The Labute approximate surface area is 174 Å². The summed E-state index contributed by atoms with van der Waals surface area (Å²) in [6.45, 7) is 2.31. The fraction of sp³-hybridized carbons (Fsp3) is 0.409. The van der Waals surface area contributed by atoms with Crippen LogP contribution in [0.5, 0.6) is 5.75 Å². The Kier molecular flexibility index (Phi) is 6.13. The number of hydrogen-bond donors (Lipinski definition) is 0. The van der Waals surface area contributed by atoms with E-state index in [-0.39, 0.29) is 11.6 Å². The molecule has 2 aromatic heterocycles. The molecule has 152 valence electrons. The van der Waals surface area contributed by atoms with E-state index in [1.165, 1.54) is 32.4 Å². The summed E-state index contributed by atoms with van der Waals surface area (Å²) in [6.07, 6.45) is 8.42. The summed E-state index contributed by atoms with van der Waals surface area (Å²) < 4.78 is 21.3. The first-order chi connectivity index (χ1) is 14.2. The third-order valence-corrected chi connectivity index (χ3v) is 6.58. The van der Waals surface area contributed by atoms with Gasteiger partial charge >= 0.3 is 0 Å². The molecule has 0 N–H and O–H groups in total. The Bertz CT molecular complexity index is 963. The summed E-state index contributed by atoms with van der Waals surface area (Å²) in [5, 5.41) is 9.89. The van der Waals surface area contributed by atoms with Gasteiger partial charge in [0.1, 0.15) is 0 Å². The van der Waals surface area contributed by atoms with E-state index in [0.29, 0.717) is 17.7 Å². The second kappa shape index (κ2) is 8.95. The molecule has 0 spiro atoms. The lowest BCUT2D eigenvalue weighted by Crippen LogP contribution is -2.22. The minimum atomic E-state index is -0.344. The van der Waals surface area contributed by atoms with Gasteiger partial charge in [-0.1, -0.05) is 37.6 Å². The van der Waals surface area contributed by atoms with Crippen LogP contribution in [0.2, 0.25) is 0 Å². The van der Waals surface area contributed by atoms with Crippen molar-refractivity contribution in [2.24, 2.45) is 5.92 Å². The third-order valence-electron chi connectivity index (χ3n) is 5.57. The van der Waals surface area contributed by atoms with Gasteiger partial charge in [0.2, 0.25) is 0 Å². The van der Waals surface area contributed by atoms with Crippen LogP contribution in [0.3, 0.4) is 0 Å². The van der Waals surface area contributed by atoms with Crippen molar-refractivity contribution in [3.63, 3.8) is 0 Å².